The Labute approximate surface area is 105 Å². The molecule has 2 rings (SSSR count). The molecule has 4 heteroatoms. The number of alkyl halides is 3. The van der Waals surface area contributed by atoms with Crippen molar-refractivity contribution in [3.63, 3.8) is 0 Å². The average Bonchev–Trinajstić information content (AvgIpc) is 2.25. The Kier molecular flexibility index (Phi) is 3.18. The van der Waals surface area contributed by atoms with Gasteiger partial charge in [0.2, 0.25) is 0 Å². The highest BCUT2D eigenvalue weighted by Gasteiger charge is 2.41. The molecule has 1 nitrogen and oxygen atoms in total. The van der Waals surface area contributed by atoms with Crippen molar-refractivity contribution in [2.75, 3.05) is 0 Å². The van der Waals surface area contributed by atoms with Gasteiger partial charge in [0.1, 0.15) is 6.04 Å². The molecule has 1 atom stereocenters. The molecule has 0 bridgehead atoms. The predicted octanol–water partition coefficient (Wildman–Crippen LogP) is 3.56. The largest absolute Gasteiger partial charge is 0.404 e. The number of hydrogen-bond donors (Lipinski definition) is 1. The Morgan fingerprint density at radius 3 is 2.39 bits per heavy atom. The molecule has 1 aromatic rings. The maximum absolute atomic E-state index is 12.7. The van der Waals surface area contributed by atoms with Crippen molar-refractivity contribution in [2.24, 2.45) is 0 Å². The molecule has 1 aromatic carbocycles. The van der Waals surface area contributed by atoms with E-state index in [1.807, 2.05) is 18.2 Å². The number of hydrogen-bond acceptors (Lipinski definition) is 1. The molecule has 0 spiro atoms. The van der Waals surface area contributed by atoms with E-state index in [9.17, 15) is 13.2 Å². The fourth-order valence-electron chi connectivity index (χ4n) is 2.49. The van der Waals surface area contributed by atoms with Crippen molar-refractivity contribution in [3.8, 4) is 0 Å². The Morgan fingerprint density at radius 1 is 1.17 bits per heavy atom. The summed E-state index contributed by atoms with van der Waals surface area (Å²) >= 11 is 0. The topological polar surface area (TPSA) is 12.0 Å². The van der Waals surface area contributed by atoms with E-state index in [4.69, 9.17) is 0 Å². The van der Waals surface area contributed by atoms with Gasteiger partial charge in [-0.05, 0) is 28.5 Å². The maximum Gasteiger partial charge on any atom is 0.404 e. The summed E-state index contributed by atoms with van der Waals surface area (Å²) in [5, 5.41) is 2.60. The first-order chi connectivity index (χ1) is 8.19. The Bertz CT molecular complexity index is 443. The average molecular weight is 257 g/mol. The van der Waals surface area contributed by atoms with Crippen LogP contribution in [0.25, 0.3) is 0 Å². The zero-order chi connectivity index (χ0) is 13.6. The van der Waals surface area contributed by atoms with Gasteiger partial charge in [0.15, 0.2) is 0 Å². The second-order valence-corrected chi connectivity index (χ2v) is 5.87. The molecule has 100 valence electrons. The van der Waals surface area contributed by atoms with Crippen molar-refractivity contribution < 1.29 is 13.2 Å². The third kappa shape index (κ3) is 2.53. The van der Waals surface area contributed by atoms with Crippen LogP contribution in [0.2, 0.25) is 0 Å². The molecule has 18 heavy (non-hydrogen) atoms. The van der Waals surface area contributed by atoms with E-state index in [1.165, 1.54) is 0 Å². The van der Waals surface area contributed by atoms with Gasteiger partial charge >= 0.3 is 6.18 Å². The molecular formula is C14H18F3N. The third-order valence-electron chi connectivity index (χ3n) is 3.43. The van der Waals surface area contributed by atoms with E-state index in [0.717, 1.165) is 16.7 Å². The number of rotatable bonds is 0. The van der Waals surface area contributed by atoms with Gasteiger partial charge in [-0.25, -0.2) is 0 Å². The highest BCUT2D eigenvalue weighted by Crippen LogP contribution is 2.33. The van der Waals surface area contributed by atoms with Crippen LogP contribution in [-0.2, 0) is 18.4 Å². The van der Waals surface area contributed by atoms with Crippen LogP contribution >= 0.6 is 0 Å². The smallest absolute Gasteiger partial charge is 0.302 e. The van der Waals surface area contributed by atoms with Gasteiger partial charge in [-0.2, -0.15) is 13.2 Å². The minimum absolute atomic E-state index is 0.0305. The summed E-state index contributed by atoms with van der Waals surface area (Å²) in [6.45, 7) is 6.54. The molecule has 1 N–H and O–H groups in total. The molecule has 1 heterocycles. The van der Waals surface area contributed by atoms with E-state index in [0.29, 0.717) is 6.54 Å². The van der Waals surface area contributed by atoms with Crippen LogP contribution in [0.3, 0.4) is 0 Å². The lowest BCUT2D eigenvalue weighted by Gasteiger charge is -2.32. The summed E-state index contributed by atoms with van der Waals surface area (Å²) in [6.07, 6.45) is -4.14. The van der Waals surface area contributed by atoms with Gasteiger partial charge < -0.3 is 5.32 Å². The van der Waals surface area contributed by atoms with Crippen LogP contribution in [0.4, 0.5) is 13.2 Å². The van der Waals surface area contributed by atoms with Gasteiger partial charge in [-0.15, -0.1) is 0 Å². The van der Waals surface area contributed by atoms with E-state index < -0.39 is 12.2 Å². The zero-order valence-corrected chi connectivity index (χ0v) is 10.9. The summed E-state index contributed by atoms with van der Waals surface area (Å²) < 4.78 is 38.1. The van der Waals surface area contributed by atoms with Crippen LogP contribution < -0.4 is 5.32 Å². The lowest BCUT2D eigenvalue weighted by molar-refractivity contribution is -0.157. The second-order valence-electron chi connectivity index (χ2n) is 5.87. The molecule has 0 unspecified atom stereocenters. The fraction of sp³-hybridized carbons (Fsp3) is 0.571. The van der Waals surface area contributed by atoms with E-state index >= 15 is 0 Å². The molecule has 1 aliphatic rings. The van der Waals surface area contributed by atoms with Gasteiger partial charge in [0, 0.05) is 6.54 Å². The van der Waals surface area contributed by atoms with Crippen LogP contribution in [0, 0.1) is 0 Å². The summed E-state index contributed by atoms with van der Waals surface area (Å²) in [6, 6.07) is 4.26. The van der Waals surface area contributed by atoms with E-state index in [-0.39, 0.29) is 11.8 Å². The van der Waals surface area contributed by atoms with Crippen molar-refractivity contribution in [1.82, 2.24) is 5.32 Å². The number of fused-ring (bicyclic) bond motifs is 1. The minimum atomic E-state index is -4.17. The first kappa shape index (κ1) is 13.4. The van der Waals surface area contributed by atoms with Crippen LogP contribution in [0.15, 0.2) is 18.2 Å². The summed E-state index contributed by atoms with van der Waals surface area (Å²) in [5.41, 5.74) is 2.94. The van der Waals surface area contributed by atoms with Gasteiger partial charge in [-0.1, -0.05) is 39.0 Å². The molecule has 1 aliphatic heterocycles. The van der Waals surface area contributed by atoms with Crippen LogP contribution in [-0.4, -0.2) is 12.2 Å². The molecule has 0 saturated carbocycles. The number of nitrogens with one attached hydrogen (secondary N) is 1. The van der Waals surface area contributed by atoms with Crippen molar-refractivity contribution >= 4 is 0 Å². The highest BCUT2D eigenvalue weighted by atomic mass is 19.4. The molecule has 0 aliphatic carbocycles. The van der Waals surface area contributed by atoms with Crippen molar-refractivity contribution in [3.05, 3.63) is 34.9 Å². The molecule has 0 aromatic heterocycles. The molecule has 0 saturated heterocycles. The first-order valence-electron chi connectivity index (χ1n) is 6.11. The lowest BCUT2D eigenvalue weighted by atomic mass is 9.80. The monoisotopic (exact) mass is 257 g/mol. The van der Waals surface area contributed by atoms with Gasteiger partial charge in [-0.3, -0.25) is 0 Å². The maximum atomic E-state index is 12.7. The standard InChI is InChI=1S/C14H18F3N/c1-13(2,3)11-6-4-5-9-7-12(14(15,16)17)18-8-10(9)11/h4-6,12,18H,7-8H2,1-3H3/t12-/m0/s1. The van der Waals surface area contributed by atoms with E-state index in [1.54, 1.807) is 0 Å². The Balaban J connectivity index is 2.36. The Morgan fingerprint density at radius 2 is 1.83 bits per heavy atom. The van der Waals surface area contributed by atoms with E-state index in [2.05, 4.69) is 26.1 Å². The third-order valence-corrected chi connectivity index (χ3v) is 3.43. The lowest BCUT2D eigenvalue weighted by Crippen LogP contribution is -2.46. The predicted molar refractivity (Wildman–Crippen MR) is 65.5 cm³/mol. The fourth-order valence-corrected chi connectivity index (χ4v) is 2.49. The quantitative estimate of drug-likeness (QED) is 0.749. The SMILES string of the molecule is CC(C)(C)c1cccc2c1CN[C@H](C(F)(F)F)C2. The van der Waals surface area contributed by atoms with Crippen molar-refractivity contribution in [2.45, 2.75) is 51.4 Å². The van der Waals surface area contributed by atoms with Gasteiger partial charge in [0.05, 0.1) is 0 Å². The van der Waals surface area contributed by atoms with Crippen LogP contribution in [0.5, 0.6) is 0 Å². The second kappa shape index (κ2) is 4.26. The van der Waals surface area contributed by atoms with Gasteiger partial charge in [0.25, 0.3) is 0 Å². The van der Waals surface area contributed by atoms with Crippen LogP contribution in [0.1, 0.15) is 37.5 Å². The molecular weight excluding hydrogens is 239 g/mol. The highest BCUT2D eigenvalue weighted by molar-refractivity contribution is 5.41. The number of halogens is 3. The first-order valence-corrected chi connectivity index (χ1v) is 6.11. The summed E-state index contributed by atoms with van der Waals surface area (Å²) in [5.74, 6) is 0. The minimum Gasteiger partial charge on any atom is -0.302 e. The molecule has 0 amide bonds. The molecule has 0 fully saturated rings. The summed E-state index contributed by atoms with van der Waals surface area (Å²) in [4.78, 5) is 0. The molecule has 0 radical (unpaired) electrons. The zero-order valence-electron chi connectivity index (χ0n) is 10.9. The Hall–Kier alpha value is -1.03. The summed E-state index contributed by atoms with van der Waals surface area (Å²) in [7, 11) is 0. The normalized spacial score (nSPS) is 20.7. The number of benzene rings is 1. The van der Waals surface area contributed by atoms with Crippen molar-refractivity contribution in [1.29, 1.82) is 0 Å².